The fourth-order valence-electron chi connectivity index (χ4n) is 3.02. The van der Waals surface area contributed by atoms with Crippen LogP contribution >= 0.6 is 12.2 Å². The molecule has 1 aliphatic rings. The fourth-order valence-corrected chi connectivity index (χ4v) is 3.30. The molecule has 5 nitrogen and oxygen atoms in total. The standard InChI is InChI=1S/C19H24N4OS/c1-14(15-7-9-16(10-8-15)23-12-3-4-13-23)21-19(25)22-18-17(24-2)6-5-11-20-18/h5-11,14H,3-4,12-13H2,1-2H3,(H2,20,21,22,25)/t14-/m0/s1. The predicted octanol–water partition coefficient (Wildman–Crippen LogP) is 3.74. The zero-order valence-electron chi connectivity index (χ0n) is 14.7. The minimum absolute atomic E-state index is 0.0994. The Morgan fingerprint density at radius 3 is 2.60 bits per heavy atom. The SMILES string of the molecule is COc1cccnc1NC(=S)N[C@@H](C)c1ccc(N2CCCC2)cc1. The molecule has 1 saturated heterocycles. The first-order valence-electron chi connectivity index (χ1n) is 8.59. The van der Waals surface area contributed by atoms with Crippen LogP contribution in [0.1, 0.15) is 31.4 Å². The van der Waals surface area contributed by atoms with E-state index in [4.69, 9.17) is 17.0 Å². The molecule has 1 aromatic heterocycles. The topological polar surface area (TPSA) is 49.4 Å². The quantitative estimate of drug-likeness (QED) is 0.796. The van der Waals surface area contributed by atoms with Gasteiger partial charge in [-0.25, -0.2) is 4.98 Å². The number of nitrogens with one attached hydrogen (secondary N) is 2. The third-order valence-electron chi connectivity index (χ3n) is 4.43. The lowest BCUT2D eigenvalue weighted by Gasteiger charge is -2.20. The van der Waals surface area contributed by atoms with Crippen molar-refractivity contribution in [3.8, 4) is 5.75 Å². The van der Waals surface area contributed by atoms with Crippen LogP contribution in [0.25, 0.3) is 0 Å². The van der Waals surface area contributed by atoms with E-state index in [0.29, 0.717) is 16.7 Å². The highest BCUT2D eigenvalue weighted by Crippen LogP contribution is 2.23. The Kier molecular flexibility index (Phi) is 5.71. The predicted molar refractivity (Wildman–Crippen MR) is 106 cm³/mol. The van der Waals surface area contributed by atoms with Crippen LogP contribution in [0.2, 0.25) is 0 Å². The van der Waals surface area contributed by atoms with Crippen molar-refractivity contribution in [2.75, 3.05) is 30.4 Å². The number of nitrogens with zero attached hydrogens (tertiary/aromatic N) is 2. The van der Waals surface area contributed by atoms with E-state index in [9.17, 15) is 0 Å². The molecule has 0 aliphatic carbocycles. The molecule has 2 heterocycles. The van der Waals surface area contributed by atoms with Gasteiger partial charge >= 0.3 is 0 Å². The molecule has 25 heavy (non-hydrogen) atoms. The summed E-state index contributed by atoms with van der Waals surface area (Å²) in [4.78, 5) is 6.69. The van der Waals surface area contributed by atoms with Crippen molar-refractivity contribution >= 4 is 28.8 Å². The first kappa shape index (κ1) is 17.5. The second-order valence-electron chi connectivity index (χ2n) is 6.16. The molecular weight excluding hydrogens is 332 g/mol. The molecule has 1 atom stereocenters. The maximum atomic E-state index is 5.41. The van der Waals surface area contributed by atoms with Gasteiger partial charge in [-0.15, -0.1) is 0 Å². The zero-order chi connectivity index (χ0) is 17.6. The minimum atomic E-state index is 0.0994. The second-order valence-corrected chi connectivity index (χ2v) is 6.57. The van der Waals surface area contributed by atoms with Gasteiger partial charge in [-0.05, 0) is 61.8 Å². The Bertz CT molecular complexity index is 714. The molecule has 0 saturated carbocycles. The van der Waals surface area contributed by atoms with E-state index in [0.717, 1.165) is 13.1 Å². The van der Waals surface area contributed by atoms with Crippen LogP contribution in [0.3, 0.4) is 0 Å². The first-order valence-corrected chi connectivity index (χ1v) is 8.99. The van der Waals surface area contributed by atoms with E-state index in [1.165, 1.54) is 24.1 Å². The lowest BCUT2D eigenvalue weighted by molar-refractivity contribution is 0.415. The average Bonchev–Trinajstić information content (AvgIpc) is 3.17. The summed E-state index contributed by atoms with van der Waals surface area (Å²) in [5.41, 5.74) is 2.49. The maximum absolute atomic E-state index is 5.41. The Labute approximate surface area is 154 Å². The Morgan fingerprint density at radius 2 is 1.92 bits per heavy atom. The summed E-state index contributed by atoms with van der Waals surface area (Å²) < 4.78 is 5.28. The summed E-state index contributed by atoms with van der Waals surface area (Å²) >= 11 is 5.41. The van der Waals surface area contributed by atoms with Crippen molar-refractivity contribution in [2.24, 2.45) is 0 Å². The van der Waals surface area contributed by atoms with Crippen molar-refractivity contribution in [2.45, 2.75) is 25.8 Å². The van der Waals surface area contributed by atoms with Gasteiger partial charge in [-0.2, -0.15) is 0 Å². The van der Waals surface area contributed by atoms with Gasteiger partial charge in [-0.3, -0.25) is 0 Å². The molecule has 0 unspecified atom stereocenters. The monoisotopic (exact) mass is 356 g/mol. The molecule has 0 spiro atoms. The Hall–Kier alpha value is -2.34. The summed E-state index contributed by atoms with van der Waals surface area (Å²) in [7, 11) is 1.61. The van der Waals surface area contributed by atoms with Gasteiger partial charge in [0.05, 0.1) is 13.2 Å². The molecule has 0 radical (unpaired) electrons. The molecular formula is C19H24N4OS. The van der Waals surface area contributed by atoms with Gasteiger partial charge in [0.25, 0.3) is 0 Å². The Morgan fingerprint density at radius 1 is 1.20 bits per heavy atom. The largest absolute Gasteiger partial charge is 0.493 e. The number of rotatable bonds is 5. The van der Waals surface area contributed by atoms with Crippen molar-refractivity contribution in [3.05, 3.63) is 48.2 Å². The highest BCUT2D eigenvalue weighted by atomic mass is 32.1. The number of pyridine rings is 1. The van der Waals surface area contributed by atoms with Crippen molar-refractivity contribution in [1.82, 2.24) is 10.3 Å². The van der Waals surface area contributed by atoms with Crippen LogP contribution < -0.4 is 20.3 Å². The summed E-state index contributed by atoms with van der Waals surface area (Å²) in [5, 5.41) is 6.91. The zero-order valence-corrected chi connectivity index (χ0v) is 15.5. The molecule has 132 valence electrons. The van der Waals surface area contributed by atoms with E-state index < -0.39 is 0 Å². The fraction of sp³-hybridized carbons (Fsp3) is 0.368. The second kappa shape index (κ2) is 8.16. The highest BCUT2D eigenvalue weighted by Gasteiger charge is 2.13. The van der Waals surface area contributed by atoms with Crippen molar-refractivity contribution in [3.63, 3.8) is 0 Å². The molecule has 3 rings (SSSR count). The number of benzene rings is 1. The number of methoxy groups -OCH3 is 1. The normalized spacial score (nSPS) is 14.9. The maximum Gasteiger partial charge on any atom is 0.174 e. The first-order chi connectivity index (χ1) is 12.2. The number of ether oxygens (including phenoxy) is 1. The summed E-state index contributed by atoms with van der Waals surface area (Å²) in [5.74, 6) is 1.27. The van der Waals surface area contributed by atoms with E-state index in [-0.39, 0.29) is 6.04 Å². The van der Waals surface area contributed by atoms with Crippen LogP contribution in [-0.4, -0.2) is 30.3 Å². The van der Waals surface area contributed by atoms with E-state index in [1.54, 1.807) is 13.3 Å². The van der Waals surface area contributed by atoms with Crippen LogP contribution in [0, 0.1) is 0 Å². The summed E-state index contributed by atoms with van der Waals surface area (Å²) in [6.07, 6.45) is 4.28. The molecule has 2 aromatic rings. The van der Waals surface area contributed by atoms with Gasteiger partial charge in [0.15, 0.2) is 16.7 Å². The smallest absolute Gasteiger partial charge is 0.174 e. The highest BCUT2D eigenvalue weighted by molar-refractivity contribution is 7.80. The molecule has 1 aromatic carbocycles. The van der Waals surface area contributed by atoms with Gasteiger partial charge in [0.2, 0.25) is 0 Å². The molecule has 0 amide bonds. The third kappa shape index (κ3) is 4.39. The lowest BCUT2D eigenvalue weighted by atomic mass is 10.1. The van der Waals surface area contributed by atoms with Crippen LogP contribution in [0.5, 0.6) is 5.75 Å². The average molecular weight is 356 g/mol. The van der Waals surface area contributed by atoms with E-state index >= 15 is 0 Å². The lowest BCUT2D eigenvalue weighted by Crippen LogP contribution is -2.31. The van der Waals surface area contributed by atoms with E-state index in [2.05, 4.69) is 51.7 Å². The van der Waals surface area contributed by atoms with Gasteiger partial charge in [0, 0.05) is 25.0 Å². The number of thiocarbonyl (C=S) groups is 1. The molecule has 2 N–H and O–H groups in total. The van der Waals surface area contributed by atoms with Crippen molar-refractivity contribution in [1.29, 1.82) is 0 Å². The minimum Gasteiger partial charge on any atom is -0.493 e. The van der Waals surface area contributed by atoms with Gasteiger partial charge in [-0.1, -0.05) is 12.1 Å². The Balaban J connectivity index is 1.59. The van der Waals surface area contributed by atoms with Crippen LogP contribution in [0.4, 0.5) is 11.5 Å². The third-order valence-corrected chi connectivity index (χ3v) is 4.65. The summed E-state index contributed by atoms with van der Waals surface area (Å²) in [6, 6.07) is 12.5. The van der Waals surface area contributed by atoms with Crippen molar-refractivity contribution < 1.29 is 4.74 Å². The van der Waals surface area contributed by atoms with Gasteiger partial charge < -0.3 is 20.3 Å². The van der Waals surface area contributed by atoms with Crippen LogP contribution in [-0.2, 0) is 0 Å². The molecule has 0 bridgehead atoms. The van der Waals surface area contributed by atoms with E-state index in [1.807, 2.05) is 12.1 Å². The molecule has 1 fully saturated rings. The number of hydrogen-bond acceptors (Lipinski definition) is 4. The molecule has 1 aliphatic heterocycles. The number of anilines is 2. The number of aromatic nitrogens is 1. The van der Waals surface area contributed by atoms with Gasteiger partial charge in [0.1, 0.15) is 0 Å². The summed E-state index contributed by atoms with van der Waals surface area (Å²) in [6.45, 7) is 4.41. The molecule has 6 heteroatoms. The van der Waals surface area contributed by atoms with Crippen LogP contribution in [0.15, 0.2) is 42.6 Å². The number of hydrogen-bond donors (Lipinski definition) is 2.